The Bertz CT molecular complexity index is 500. The Labute approximate surface area is 128 Å². The van der Waals surface area contributed by atoms with E-state index in [0.717, 1.165) is 12.1 Å². The van der Waals surface area contributed by atoms with Crippen LogP contribution in [0.5, 0.6) is 0 Å². The largest absolute Gasteiger partial charge is 0.366 e. The number of carbonyl (C=O) groups is 1. The molecule has 0 spiro atoms. The number of morpholine rings is 1. The molecule has 1 amide bonds. The standard InChI is InChI=1S/C14H18Cl2N2O2/c1-14(2,9-3-4-10(15)11(16)7-9)18-13(19)12-8-17-5-6-20-12/h3-4,7,12,17H,5-6,8H2,1-2H3,(H,18,19). The number of nitrogens with one attached hydrogen (secondary N) is 2. The van der Waals surface area contributed by atoms with Gasteiger partial charge < -0.3 is 15.4 Å². The maximum atomic E-state index is 12.2. The molecule has 1 unspecified atom stereocenters. The van der Waals surface area contributed by atoms with Gasteiger partial charge in [-0.15, -0.1) is 0 Å². The summed E-state index contributed by atoms with van der Waals surface area (Å²) in [4.78, 5) is 12.2. The van der Waals surface area contributed by atoms with Crippen molar-refractivity contribution in [2.75, 3.05) is 19.7 Å². The van der Waals surface area contributed by atoms with Crippen molar-refractivity contribution in [3.8, 4) is 0 Å². The SMILES string of the molecule is CC(C)(NC(=O)C1CNCCO1)c1ccc(Cl)c(Cl)c1. The molecule has 6 heteroatoms. The lowest BCUT2D eigenvalue weighted by Gasteiger charge is -2.31. The fraction of sp³-hybridized carbons (Fsp3) is 0.500. The average Bonchev–Trinajstić information content (AvgIpc) is 2.42. The second-order valence-corrected chi connectivity index (χ2v) is 6.12. The van der Waals surface area contributed by atoms with Gasteiger partial charge in [0.25, 0.3) is 5.91 Å². The zero-order chi connectivity index (χ0) is 14.8. The van der Waals surface area contributed by atoms with Gasteiger partial charge in [-0.25, -0.2) is 0 Å². The van der Waals surface area contributed by atoms with Crippen LogP contribution in [0.3, 0.4) is 0 Å². The Morgan fingerprint density at radius 1 is 1.40 bits per heavy atom. The second-order valence-electron chi connectivity index (χ2n) is 5.31. The predicted molar refractivity (Wildman–Crippen MR) is 80.2 cm³/mol. The molecular formula is C14H18Cl2N2O2. The minimum Gasteiger partial charge on any atom is -0.366 e. The minimum atomic E-state index is -0.549. The van der Waals surface area contributed by atoms with Gasteiger partial charge in [0.2, 0.25) is 0 Å². The molecule has 1 atom stereocenters. The third-order valence-corrected chi connectivity index (χ3v) is 4.04. The maximum Gasteiger partial charge on any atom is 0.251 e. The molecule has 1 aliphatic rings. The number of carbonyl (C=O) groups excluding carboxylic acids is 1. The summed E-state index contributed by atoms with van der Waals surface area (Å²) in [5.41, 5.74) is 0.343. The van der Waals surface area contributed by atoms with Crippen molar-refractivity contribution in [1.29, 1.82) is 0 Å². The van der Waals surface area contributed by atoms with Gasteiger partial charge in [0, 0.05) is 13.1 Å². The van der Waals surface area contributed by atoms with E-state index in [0.29, 0.717) is 23.2 Å². The van der Waals surface area contributed by atoms with E-state index >= 15 is 0 Å². The minimum absolute atomic E-state index is 0.131. The summed E-state index contributed by atoms with van der Waals surface area (Å²) in [6.45, 7) is 5.69. The van der Waals surface area contributed by atoms with E-state index in [9.17, 15) is 4.79 Å². The average molecular weight is 317 g/mol. The van der Waals surface area contributed by atoms with Crippen molar-refractivity contribution >= 4 is 29.1 Å². The van der Waals surface area contributed by atoms with Crippen molar-refractivity contribution in [1.82, 2.24) is 10.6 Å². The van der Waals surface area contributed by atoms with E-state index in [1.165, 1.54) is 0 Å². The van der Waals surface area contributed by atoms with Gasteiger partial charge in [-0.2, -0.15) is 0 Å². The van der Waals surface area contributed by atoms with Crippen LogP contribution in [0.15, 0.2) is 18.2 Å². The molecule has 1 aromatic carbocycles. The van der Waals surface area contributed by atoms with Gasteiger partial charge >= 0.3 is 0 Å². The maximum absolute atomic E-state index is 12.2. The molecule has 1 heterocycles. The van der Waals surface area contributed by atoms with Crippen LogP contribution in [-0.2, 0) is 15.1 Å². The first kappa shape index (κ1) is 15.6. The number of ether oxygens (including phenoxy) is 1. The molecule has 1 fully saturated rings. The van der Waals surface area contributed by atoms with Gasteiger partial charge in [-0.3, -0.25) is 4.79 Å². The number of benzene rings is 1. The monoisotopic (exact) mass is 316 g/mol. The molecule has 110 valence electrons. The molecule has 1 saturated heterocycles. The number of hydrogen-bond donors (Lipinski definition) is 2. The first-order valence-electron chi connectivity index (χ1n) is 6.50. The van der Waals surface area contributed by atoms with E-state index in [1.54, 1.807) is 12.1 Å². The molecular weight excluding hydrogens is 299 g/mol. The number of hydrogen-bond acceptors (Lipinski definition) is 3. The van der Waals surface area contributed by atoms with E-state index in [4.69, 9.17) is 27.9 Å². The van der Waals surface area contributed by atoms with E-state index < -0.39 is 11.6 Å². The Morgan fingerprint density at radius 3 is 2.75 bits per heavy atom. The lowest BCUT2D eigenvalue weighted by Crippen LogP contribution is -2.52. The third kappa shape index (κ3) is 3.64. The molecule has 0 saturated carbocycles. The van der Waals surface area contributed by atoms with Crippen molar-refractivity contribution < 1.29 is 9.53 Å². The Morgan fingerprint density at radius 2 is 2.15 bits per heavy atom. The molecule has 2 N–H and O–H groups in total. The molecule has 4 nitrogen and oxygen atoms in total. The molecule has 2 rings (SSSR count). The fourth-order valence-corrected chi connectivity index (χ4v) is 2.38. The summed E-state index contributed by atoms with van der Waals surface area (Å²) in [5.74, 6) is -0.131. The molecule has 20 heavy (non-hydrogen) atoms. The summed E-state index contributed by atoms with van der Waals surface area (Å²) in [6, 6.07) is 5.35. The normalized spacial score (nSPS) is 19.7. The highest BCUT2D eigenvalue weighted by atomic mass is 35.5. The van der Waals surface area contributed by atoms with E-state index in [2.05, 4.69) is 10.6 Å². The lowest BCUT2D eigenvalue weighted by molar-refractivity contribution is -0.136. The fourth-order valence-electron chi connectivity index (χ4n) is 2.08. The van der Waals surface area contributed by atoms with E-state index in [1.807, 2.05) is 19.9 Å². The second kappa shape index (κ2) is 6.31. The van der Waals surface area contributed by atoms with Crippen LogP contribution < -0.4 is 10.6 Å². The first-order valence-corrected chi connectivity index (χ1v) is 7.25. The Kier molecular flexibility index (Phi) is 4.91. The summed E-state index contributed by atoms with van der Waals surface area (Å²) in [7, 11) is 0. The summed E-state index contributed by atoms with van der Waals surface area (Å²) in [6.07, 6.45) is -0.453. The zero-order valence-corrected chi connectivity index (χ0v) is 13.0. The van der Waals surface area contributed by atoms with Crippen LogP contribution in [0.25, 0.3) is 0 Å². The van der Waals surface area contributed by atoms with Crippen LogP contribution in [-0.4, -0.2) is 31.7 Å². The topological polar surface area (TPSA) is 50.4 Å². The van der Waals surface area contributed by atoms with Crippen molar-refractivity contribution in [3.05, 3.63) is 33.8 Å². The van der Waals surface area contributed by atoms with Crippen molar-refractivity contribution in [3.63, 3.8) is 0 Å². The molecule has 0 radical (unpaired) electrons. The summed E-state index contributed by atoms with van der Waals surface area (Å²) < 4.78 is 5.44. The summed E-state index contributed by atoms with van der Waals surface area (Å²) >= 11 is 11.9. The Balaban J connectivity index is 2.09. The summed E-state index contributed by atoms with van der Waals surface area (Å²) in [5, 5.41) is 7.09. The number of rotatable bonds is 3. The van der Waals surface area contributed by atoms with Crippen LogP contribution in [0.2, 0.25) is 10.0 Å². The Hall–Kier alpha value is -0.810. The highest BCUT2D eigenvalue weighted by Crippen LogP contribution is 2.28. The van der Waals surface area contributed by atoms with Gasteiger partial charge in [0.1, 0.15) is 6.10 Å². The molecule has 0 bridgehead atoms. The zero-order valence-electron chi connectivity index (χ0n) is 11.5. The van der Waals surface area contributed by atoms with Crippen LogP contribution >= 0.6 is 23.2 Å². The molecule has 0 aromatic heterocycles. The highest BCUT2D eigenvalue weighted by Gasteiger charge is 2.29. The highest BCUT2D eigenvalue weighted by molar-refractivity contribution is 6.42. The van der Waals surface area contributed by atoms with Crippen molar-refractivity contribution in [2.24, 2.45) is 0 Å². The number of halogens is 2. The van der Waals surface area contributed by atoms with Gasteiger partial charge in [0.15, 0.2) is 0 Å². The van der Waals surface area contributed by atoms with Crippen LogP contribution in [0.4, 0.5) is 0 Å². The van der Waals surface area contributed by atoms with Gasteiger partial charge in [0.05, 0.1) is 22.2 Å². The molecule has 0 aliphatic carbocycles. The van der Waals surface area contributed by atoms with Crippen molar-refractivity contribution in [2.45, 2.75) is 25.5 Å². The lowest BCUT2D eigenvalue weighted by atomic mass is 9.94. The van der Waals surface area contributed by atoms with Gasteiger partial charge in [-0.1, -0.05) is 29.3 Å². The first-order chi connectivity index (χ1) is 9.40. The van der Waals surface area contributed by atoms with Crippen LogP contribution in [0, 0.1) is 0 Å². The van der Waals surface area contributed by atoms with E-state index in [-0.39, 0.29) is 5.91 Å². The third-order valence-electron chi connectivity index (χ3n) is 3.30. The molecule has 1 aliphatic heterocycles. The van der Waals surface area contributed by atoms with Gasteiger partial charge in [-0.05, 0) is 31.5 Å². The quantitative estimate of drug-likeness (QED) is 0.900. The number of amides is 1. The van der Waals surface area contributed by atoms with Crippen LogP contribution in [0.1, 0.15) is 19.4 Å². The predicted octanol–water partition coefficient (Wildman–Crippen LogP) is 2.33. The smallest absolute Gasteiger partial charge is 0.251 e. The molecule has 1 aromatic rings.